The second-order valence-corrected chi connectivity index (χ2v) is 9.39. The number of hydrazone groups is 1. The van der Waals surface area contributed by atoms with Crippen molar-refractivity contribution in [1.29, 1.82) is 0 Å². The predicted octanol–water partition coefficient (Wildman–Crippen LogP) is 4.81. The van der Waals surface area contributed by atoms with Crippen LogP contribution in [0.2, 0.25) is 0 Å². The summed E-state index contributed by atoms with van der Waals surface area (Å²) in [6.45, 7) is 12.0. The molecular formula is C24H32N2O4. The van der Waals surface area contributed by atoms with Crippen LogP contribution in [0.5, 0.6) is 17.2 Å². The zero-order valence-electron chi connectivity index (χ0n) is 19.1. The maximum atomic E-state index is 13.1. The molecule has 0 saturated heterocycles. The predicted molar refractivity (Wildman–Crippen MR) is 120 cm³/mol. The van der Waals surface area contributed by atoms with E-state index in [4.69, 9.17) is 4.74 Å². The Hall–Kier alpha value is -3.02. The maximum Gasteiger partial charge on any atom is 0.273 e. The second-order valence-electron chi connectivity index (χ2n) is 9.39. The van der Waals surface area contributed by atoms with Gasteiger partial charge in [-0.3, -0.25) is 4.79 Å². The first kappa shape index (κ1) is 23.3. The minimum atomic E-state index is -0.339. The smallest absolute Gasteiger partial charge is 0.273 e. The zero-order chi connectivity index (χ0) is 22.9. The summed E-state index contributed by atoms with van der Waals surface area (Å²) in [6.07, 6.45) is 1.41. The third-order valence-electron chi connectivity index (χ3n) is 4.89. The van der Waals surface area contributed by atoms with E-state index in [2.05, 4.69) is 5.10 Å². The molecule has 0 saturated carbocycles. The fourth-order valence-electron chi connectivity index (χ4n) is 3.10. The summed E-state index contributed by atoms with van der Waals surface area (Å²) in [5.74, 6) is 0.194. The number of benzene rings is 2. The van der Waals surface area contributed by atoms with Crippen LogP contribution in [0.25, 0.3) is 0 Å². The summed E-state index contributed by atoms with van der Waals surface area (Å²) in [6, 6.07) is 8.49. The van der Waals surface area contributed by atoms with E-state index in [-0.39, 0.29) is 28.2 Å². The minimum absolute atomic E-state index is 0.0423. The van der Waals surface area contributed by atoms with Gasteiger partial charge in [0.25, 0.3) is 5.91 Å². The van der Waals surface area contributed by atoms with E-state index in [1.54, 1.807) is 37.4 Å². The number of amides is 1. The van der Waals surface area contributed by atoms with E-state index in [0.717, 1.165) is 0 Å². The van der Waals surface area contributed by atoms with E-state index in [1.165, 1.54) is 18.3 Å². The van der Waals surface area contributed by atoms with Gasteiger partial charge in [0.1, 0.15) is 5.75 Å². The number of methoxy groups -OCH3 is 1. The lowest BCUT2D eigenvalue weighted by Gasteiger charge is -2.28. The fourth-order valence-corrected chi connectivity index (χ4v) is 3.10. The topological polar surface area (TPSA) is 82.4 Å². The van der Waals surface area contributed by atoms with Gasteiger partial charge < -0.3 is 14.9 Å². The Bertz CT molecular complexity index is 931. The number of rotatable bonds is 4. The standard InChI is InChI=1S/C24H32N2O4/c1-23(2,3)17-12-16(13-18(21(17)28)24(4,5)6)22(29)26(7)25-14-15-10-9-11-19(30-8)20(15)27/h9-14,27-28H,1-8H3. The van der Waals surface area contributed by atoms with Gasteiger partial charge in [0.05, 0.1) is 13.3 Å². The van der Waals surface area contributed by atoms with E-state index in [0.29, 0.717) is 28.0 Å². The van der Waals surface area contributed by atoms with Crippen LogP contribution in [0.15, 0.2) is 35.4 Å². The Balaban J connectivity index is 2.45. The number of hydrogen-bond acceptors (Lipinski definition) is 5. The molecule has 0 atom stereocenters. The van der Waals surface area contributed by atoms with Crippen LogP contribution >= 0.6 is 0 Å². The van der Waals surface area contributed by atoms with Crippen molar-refractivity contribution < 1.29 is 19.7 Å². The molecule has 2 aromatic rings. The summed E-state index contributed by atoms with van der Waals surface area (Å²) in [5.41, 5.74) is 1.62. The lowest BCUT2D eigenvalue weighted by atomic mass is 9.78. The van der Waals surface area contributed by atoms with Gasteiger partial charge in [-0.15, -0.1) is 0 Å². The molecule has 2 N–H and O–H groups in total. The van der Waals surface area contributed by atoms with E-state index in [9.17, 15) is 15.0 Å². The molecule has 6 heteroatoms. The molecule has 0 spiro atoms. The van der Waals surface area contributed by atoms with Crippen LogP contribution in [0.3, 0.4) is 0 Å². The number of para-hydroxylation sites is 1. The molecule has 2 rings (SSSR count). The largest absolute Gasteiger partial charge is 0.507 e. The van der Waals surface area contributed by atoms with Crippen molar-refractivity contribution in [2.45, 2.75) is 52.4 Å². The monoisotopic (exact) mass is 412 g/mol. The number of ether oxygens (including phenoxy) is 1. The summed E-state index contributed by atoms with van der Waals surface area (Å²) in [4.78, 5) is 13.1. The summed E-state index contributed by atoms with van der Waals surface area (Å²) in [7, 11) is 3.02. The Morgan fingerprint density at radius 2 is 1.53 bits per heavy atom. The molecule has 6 nitrogen and oxygen atoms in total. The molecule has 0 aromatic heterocycles. The van der Waals surface area contributed by atoms with Gasteiger partial charge in [0.2, 0.25) is 0 Å². The van der Waals surface area contributed by atoms with Crippen molar-refractivity contribution in [1.82, 2.24) is 5.01 Å². The SMILES string of the molecule is COc1cccc(C=NN(C)C(=O)c2cc(C(C)(C)C)c(O)c(C(C)(C)C)c2)c1O. The average molecular weight is 413 g/mol. The molecule has 0 aliphatic rings. The van der Waals surface area contributed by atoms with Crippen molar-refractivity contribution in [3.05, 3.63) is 52.6 Å². The number of nitrogens with zero attached hydrogens (tertiary/aromatic N) is 2. The summed E-state index contributed by atoms with van der Waals surface area (Å²) < 4.78 is 5.09. The molecule has 0 radical (unpaired) electrons. The van der Waals surface area contributed by atoms with Crippen molar-refractivity contribution in [2.24, 2.45) is 5.10 Å². The number of aromatic hydroxyl groups is 2. The zero-order valence-corrected chi connectivity index (χ0v) is 19.1. The highest BCUT2D eigenvalue weighted by molar-refractivity contribution is 5.96. The normalized spacial score (nSPS) is 12.3. The lowest BCUT2D eigenvalue weighted by Crippen LogP contribution is -2.24. The van der Waals surface area contributed by atoms with Crippen LogP contribution in [-0.4, -0.2) is 41.5 Å². The van der Waals surface area contributed by atoms with Crippen molar-refractivity contribution in [2.75, 3.05) is 14.2 Å². The third-order valence-corrected chi connectivity index (χ3v) is 4.89. The van der Waals surface area contributed by atoms with Crippen LogP contribution < -0.4 is 4.74 Å². The molecule has 0 aliphatic carbocycles. The molecule has 0 fully saturated rings. The Kier molecular flexibility index (Phi) is 6.50. The number of phenols is 2. The molecule has 30 heavy (non-hydrogen) atoms. The number of carbonyl (C=O) groups is 1. The van der Waals surface area contributed by atoms with E-state index >= 15 is 0 Å². The first-order valence-corrected chi connectivity index (χ1v) is 9.83. The second kappa shape index (κ2) is 8.38. The number of carbonyl (C=O) groups excluding carboxylic acids is 1. The Morgan fingerprint density at radius 3 is 2.00 bits per heavy atom. The van der Waals surface area contributed by atoms with Gasteiger partial charge in [0, 0.05) is 29.3 Å². The summed E-state index contributed by atoms with van der Waals surface area (Å²) >= 11 is 0. The Labute approximate surface area is 178 Å². The average Bonchev–Trinajstić information content (AvgIpc) is 2.64. The quantitative estimate of drug-likeness (QED) is 0.558. The van der Waals surface area contributed by atoms with Crippen LogP contribution in [0.4, 0.5) is 0 Å². The molecule has 162 valence electrons. The van der Waals surface area contributed by atoms with Gasteiger partial charge in [-0.1, -0.05) is 47.6 Å². The van der Waals surface area contributed by atoms with Gasteiger partial charge in [0.15, 0.2) is 11.5 Å². The first-order chi connectivity index (χ1) is 13.8. The molecule has 0 heterocycles. The summed E-state index contributed by atoms with van der Waals surface area (Å²) in [5, 5.41) is 26.4. The minimum Gasteiger partial charge on any atom is -0.507 e. The number of hydrogen-bond donors (Lipinski definition) is 2. The molecular weight excluding hydrogens is 380 g/mol. The first-order valence-electron chi connectivity index (χ1n) is 9.83. The van der Waals surface area contributed by atoms with E-state index in [1.807, 2.05) is 41.5 Å². The van der Waals surface area contributed by atoms with Crippen molar-refractivity contribution >= 4 is 12.1 Å². The van der Waals surface area contributed by atoms with Crippen LogP contribution in [-0.2, 0) is 10.8 Å². The highest BCUT2D eigenvalue weighted by Gasteiger charge is 2.28. The van der Waals surface area contributed by atoms with Gasteiger partial charge in [-0.25, -0.2) is 5.01 Å². The van der Waals surface area contributed by atoms with Crippen LogP contribution in [0, 0.1) is 0 Å². The molecule has 0 bridgehead atoms. The van der Waals surface area contributed by atoms with Crippen molar-refractivity contribution in [3.8, 4) is 17.2 Å². The highest BCUT2D eigenvalue weighted by atomic mass is 16.5. The molecule has 2 aromatic carbocycles. The Morgan fingerprint density at radius 1 is 1.00 bits per heavy atom. The highest BCUT2D eigenvalue weighted by Crippen LogP contribution is 2.40. The maximum absolute atomic E-state index is 13.1. The van der Waals surface area contributed by atoms with Gasteiger partial charge in [-0.05, 0) is 35.1 Å². The molecule has 0 unspecified atom stereocenters. The third kappa shape index (κ3) is 4.93. The molecule has 0 aliphatic heterocycles. The number of phenolic OH excluding ortho intramolecular Hbond substituents is 2. The molecule has 1 amide bonds. The van der Waals surface area contributed by atoms with Gasteiger partial charge >= 0.3 is 0 Å². The van der Waals surface area contributed by atoms with Gasteiger partial charge in [-0.2, -0.15) is 5.10 Å². The van der Waals surface area contributed by atoms with Crippen molar-refractivity contribution in [3.63, 3.8) is 0 Å². The lowest BCUT2D eigenvalue weighted by molar-refractivity contribution is 0.0800. The van der Waals surface area contributed by atoms with E-state index < -0.39 is 0 Å². The fraction of sp³-hybridized carbons (Fsp3) is 0.417. The van der Waals surface area contributed by atoms with Crippen LogP contribution in [0.1, 0.15) is 68.6 Å².